The zero-order valence-electron chi connectivity index (χ0n) is 9.28. The van der Waals surface area contributed by atoms with E-state index in [4.69, 9.17) is 5.73 Å². The van der Waals surface area contributed by atoms with Crippen molar-refractivity contribution in [3.63, 3.8) is 0 Å². The number of carbonyl (C=O) groups is 1. The summed E-state index contributed by atoms with van der Waals surface area (Å²) in [7, 11) is 0. The van der Waals surface area contributed by atoms with E-state index in [1.54, 1.807) is 0 Å². The van der Waals surface area contributed by atoms with Crippen LogP contribution >= 0.6 is 0 Å². The van der Waals surface area contributed by atoms with Gasteiger partial charge in [0.2, 0.25) is 0 Å². The van der Waals surface area contributed by atoms with E-state index in [9.17, 15) is 4.79 Å². The quantitative estimate of drug-likeness (QED) is 0.707. The molecular weight excluding hydrogens is 186 g/mol. The van der Waals surface area contributed by atoms with Crippen LogP contribution in [0.2, 0.25) is 0 Å². The van der Waals surface area contributed by atoms with Crippen LogP contribution in [0.15, 0.2) is 30.3 Å². The SMILES string of the molecule is Cc1ccccc1.NC1CCCCC1=O. The Morgan fingerprint density at radius 1 is 1.20 bits per heavy atom. The molecule has 2 heteroatoms. The van der Waals surface area contributed by atoms with Crippen molar-refractivity contribution in [3.05, 3.63) is 35.9 Å². The Morgan fingerprint density at radius 2 is 1.87 bits per heavy atom. The summed E-state index contributed by atoms with van der Waals surface area (Å²) < 4.78 is 0. The van der Waals surface area contributed by atoms with Crippen molar-refractivity contribution in [1.82, 2.24) is 0 Å². The lowest BCUT2D eigenvalue weighted by Gasteiger charge is -2.14. The highest BCUT2D eigenvalue weighted by Gasteiger charge is 2.16. The van der Waals surface area contributed by atoms with Crippen molar-refractivity contribution in [3.8, 4) is 0 Å². The molecule has 1 saturated carbocycles. The molecule has 1 fully saturated rings. The summed E-state index contributed by atoms with van der Waals surface area (Å²) >= 11 is 0. The third kappa shape index (κ3) is 4.75. The Morgan fingerprint density at radius 3 is 2.20 bits per heavy atom. The topological polar surface area (TPSA) is 43.1 Å². The molecule has 1 aliphatic rings. The minimum absolute atomic E-state index is 0.135. The number of rotatable bonds is 0. The number of carbonyl (C=O) groups excluding carboxylic acids is 1. The normalized spacial score (nSPS) is 20.4. The predicted octanol–water partition coefficient (Wildman–Crippen LogP) is 2.45. The number of ketones is 1. The van der Waals surface area contributed by atoms with Gasteiger partial charge in [-0.05, 0) is 19.8 Å². The fourth-order valence-electron chi connectivity index (χ4n) is 1.54. The number of hydrogen-bond donors (Lipinski definition) is 1. The molecule has 1 atom stereocenters. The van der Waals surface area contributed by atoms with Crippen molar-refractivity contribution in [1.29, 1.82) is 0 Å². The van der Waals surface area contributed by atoms with Gasteiger partial charge in [0.15, 0.2) is 0 Å². The predicted molar refractivity (Wildman–Crippen MR) is 62.6 cm³/mol. The van der Waals surface area contributed by atoms with Crippen LogP contribution in [0.25, 0.3) is 0 Å². The molecule has 0 spiro atoms. The van der Waals surface area contributed by atoms with Gasteiger partial charge in [0.25, 0.3) is 0 Å². The summed E-state index contributed by atoms with van der Waals surface area (Å²) in [6.45, 7) is 2.08. The lowest BCUT2D eigenvalue weighted by Crippen LogP contribution is -2.32. The van der Waals surface area contributed by atoms with Crippen LogP contribution in [0.5, 0.6) is 0 Å². The van der Waals surface area contributed by atoms with Gasteiger partial charge in [-0.15, -0.1) is 0 Å². The molecule has 0 bridgehead atoms. The Kier molecular flexibility index (Phi) is 5.05. The van der Waals surface area contributed by atoms with Gasteiger partial charge in [-0.3, -0.25) is 4.79 Å². The molecular formula is C13H19NO. The van der Waals surface area contributed by atoms with Crippen LogP contribution in [-0.4, -0.2) is 11.8 Å². The number of benzene rings is 1. The van der Waals surface area contributed by atoms with E-state index in [0.717, 1.165) is 19.3 Å². The van der Waals surface area contributed by atoms with E-state index in [0.29, 0.717) is 6.42 Å². The lowest BCUT2D eigenvalue weighted by atomic mass is 9.95. The zero-order valence-corrected chi connectivity index (χ0v) is 9.28. The van der Waals surface area contributed by atoms with Gasteiger partial charge in [-0.1, -0.05) is 42.3 Å². The standard InChI is InChI=1S/C7H8.C6H11NO/c1-7-5-3-2-4-6-7;7-5-3-1-2-4-6(5)8/h2-6H,1H3;5H,1-4,7H2. The van der Waals surface area contributed by atoms with Crippen LogP contribution in [0.1, 0.15) is 31.2 Å². The summed E-state index contributed by atoms with van der Waals surface area (Å²) in [6.07, 6.45) is 3.79. The molecule has 0 radical (unpaired) electrons. The maximum absolute atomic E-state index is 10.7. The average molecular weight is 205 g/mol. The Bertz CT molecular complexity index is 295. The molecule has 82 valence electrons. The van der Waals surface area contributed by atoms with E-state index in [1.165, 1.54) is 5.56 Å². The third-order valence-electron chi connectivity index (χ3n) is 2.54. The number of nitrogens with two attached hydrogens (primary N) is 1. The van der Waals surface area contributed by atoms with Gasteiger partial charge in [0, 0.05) is 6.42 Å². The first-order chi connectivity index (χ1) is 7.20. The fourth-order valence-corrected chi connectivity index (χ4v) is 1.54. The van der Waals surface area contributed by atoms with Gasteiger partial charge >= 0.3 is 0 Å². The van der Waals surface area contributed by atoms with Crippen LogP contribution < -0.4 is 5.73 Å². The minimum atomic E-state index is -0.135. The maximum Gasteiger partial charge on any atom is 0.149 e. The van der Waals surface area contributed by atoms with Crippen LogP contribution in [0, 0.1) is 6.92 Å². The van der Waals surface area contributed by atoms with E-state index >= 15 is 0 Å². The Hall–Kier alpha value is -1.15. The molecule has 1 aromatic carbocycles. The second-order valence-electron chi connectivity index (χ2n) is 3.97. The summed E-state index contributed by atoms with van der Waals surface area (Å²) in [6, 6.07) is 10.1. The van der Waals surface area contributed by atoms with E-state index in [2.05, 4.69) is 19.1 Å². The van der Waals surface area contributed by atoms with Crippen molar-refractivity contribution < 1.29 is 4.79 Å². The summed E-state index contributed by atoms with van der Waals surface area (Å²) in [5.74, 6) is 0.247. The van der Waals surface area contributed by atoms with Gasteiger partial charge in [0.05, 0.1) is 6.04 Å². The lowest BCUT2D eigenvalue weighted by molar-refractivity contribution is -0.121. The monoisotopic (exact) mass is 205 g/mol. The summed E-state index contributed by atoms with van der Waals surface area (Å²) in [5.41, 5.74) is 6.75. The molecule has 15 heavy (non-hydrogen) atoms. The van der Waals surface area contributed by atoms with E-state index < -0.39 is 0 Å². The fraction of sp³-hybridized carbons (Fsp3) is 0.462. The van der Waals surface area contributed by atoms with Crippen LogP contribution in [0.3, 0.4) is 0 Å². The third-order valence-corrected chi connectivity index (χ3v) is 2.54. The molecule has 0 saturated heterocycles. The van der Waals surface area contributed by atoms with Crippen LogP contribution in [-0.2, 0) is 4.79 Å². The van der Waals surface area contributed by atoms with Gasteiger partial charge < -0.3 is 5.73 Å². The summed E-state index contributed by atoms with van der Waals surface area (Å²) in [5, 5.41) is 0. The first-order valence-corrected chi connectivity index (χ1v) is 5.50. The Labute approximate surface area is 91.5 Å². The highest BCUT2D eigenvalue weighted by Crippen LogP contribution is 2.11. The Balaban J connectivity index is 0.000000151. The molecule has 1 aromatic rings. The molecule has 1 unspecified atom stereocenters. The molecule has 2 nitrogen and oxygen atoms in total. The molecule has 1 aliphatic carbocycles. The molecule has 2 rings (SSSR count). The number of Topliss-reactive ketones (excluding diaryl/α,β-unsaturated/α-hetero) is 1. The number of hydrogen-bond acceptors (Lipinski definition) is 2. The van der Waals surface area contributed by atoms with Gasteiger partial charge in [-0.25, -0.2) is 0 Å². The average Bonchev–Trinajstić information content (AvgIpc) is 2.25. The molecule has 0 amide bonds. The first kappa shape index (κ1) is 11.9. The highest BCUT2D eigenvalue weighted by atomic mass is 16.1. The second kappa shape index (κ2) is 6.36. The largest absolute Gasteiger partial charge is 0.322 e. The second-order valence-corrected chi connectivity index (χ2v) is 3.97. The van der Waals surface area contributed by atoms with Crippen molar-refractivity contribution in [2.45, 2.75) is 38.6 Å². The first-order valence-electron chi connectivity index (χ1n) is 5.50. The molecule has 0 heterocycles. The number of aryl methyl sites for hydroxylation is 1. The summed E-state index contributed by atoms with van der Waals surface area (Å²) in [4.78, 5) is 10.7. The molecule has 0 aliphatic heterocycles. The van der Waals surface area contributed by atoms with Gasteiger partial charge in [-0.2, -0.15) is 0 Å². The molecule has 0 aromatic heterocycles. The maximum atomic E-state index is 10.7. The zero-order chi connectivity index (χ0) is 11.1. The molecule has 2 N–H and O–H groups in total. The smallest absolute Gasteiger partial charge is 0.149 e. The van der Waals surface area contributed by atoms with Crippen molar-refractivity contribution in [2.75, 3.05) is 0 Å². The minimum Gasteiger partial charge on any atom is -0.322 e. The van der Waals surface area contributed by atoms with Crippen molar-refractivity contribution in [2.24, 2.45) is 5.73 Å². The van der Waals surface area contributed by atoms with E-state index in [-0.39, 0.29) is 11.8 Å². The van der Waals surface area contributed by atoms with E-state index in [1.807, 2.05) is 18.2 Å². The van der Waals surface area contributed by atoms with Crippen LogP contribution in [0.4, 0.5) is 0 Å². The van der Waals surface area contributed by atoms with Gasteiger partial charge in [0.1, 0.15) is 5.78 Å². The highest BCUT2D eigenvalue weighted by molar-refractivity contribution is 5.84. The van der Waals surface area contributed by atoms with Crippen molar-refractivity contribution >= 4 is 5.78 Å².